The molecule has 2 unspecified atom stereocenters. The van der Waals surface area contributed by atoms with Crippen molar-refractivity contribution in [2.45, 2.75) is 24.7 Å². The highest BCUT2D eigenvalue weighted by atomic mass is 16.5. The second kappa shape index (κ2) is 9.52. The molecule has 35 heavy (non-hydrogen) atoms. The van der Waals surface area contributed by atoms with Gasteiger partial charge in [0.2, 0.25) is 0 Å². The van der Waals surface area contributed by atoms with Crippen molar-refractivity contribution in [3.8, 4) is 16.9 Å². The highest BCUT2D eigenvalue weighted by Crippen LogP contribution is 2.36. The standard InChI is InChI=1S/C26H28N4O5/c1-34-21-14-29(15-21)25(32)17-5-3-4-16(8-17)23-10-20(31)13-30(23)26(33)18-6-7-22(24(9-18)35-2)19-11-27-28-12-19/h3-9,11-12,20-21,23,31H,10,13-15H2,1-2H3,(H,27,28). The molecule has 2 amide bonds. The zero-order chi connectivity index (χ0) is 24.5. The first-order valence-electron chi connectivity index (χ1n) is 11.6. The van der Waals surface area contributed by atoms with Gasteiger partial charge in [0, 0.05) is 55.2 Å². The van der Waals surface area contributed by atoms with E-state index in [0.717, 1.165) is 16.7 Å². The van der Waals surface area contributed by atoms with E-state index in [2.05, 4.69) is 10.2 Å². The summed E-state index contributed by atoms with van der Waals surface area (Å²) in [7, 11) is 3.20. The van der Waals surface area contributed by atoms with Gasteiger partial charge in [0.15, 0.2) is 0 Å². The van der Waals surface area contributed by atoms with Crippen LogP contribution in [0.3, 0.4) is 0 Å². The van der Waals surface area contributed by atoms with Gasteiger partial charge in [-0.1, -0.05) is 12.1 Å². The van der Waals surface area contributed by atoms with Gasteiger partial charge in [-0.2, -0.15) is 5.10 Å². The van der Waals surface area contributed by atoms with E-state index in [1.807, 2.05) is 24.3 Å². The van der Waals surface area contributed by atoms with Crippen molar-refractivity contribution in [2.75, 3.05) is 33.9 Å². The summed E-state index contributed by atoms with van der Waals surface area (Å²) in [6, 6.07) is 12.3. The fourth-order valence-electron chi connectivity index (χ4n) is 4.80. The van der Waals surface area contributed by atoms with Crippen LogP contribution >= 0.6 is 0 Å². The van der Waals surface area contributed by atoms with Crippen LogP contribution in [-0.4, -0.2) is 83.0 Å². The normalized spacial score (nSPS) is 20.1. The van der Waals surface area contributed by atoms with Crippen LogP contribution in [0.1, 0.15) is 38.7 Å². The maximum atomic E-state index is 13.5. The number of aromatic nitrogens is 2. The highest BCUT2D eigenvalue weighted by Gasteiger charge is 2.37. The summed E-state index contributed by atoms with van der Waals surface area (Å²) in [6.07, 6.45) is 3.29. The lowest BCUT2D eigenvalue weighted by molar-refractivity contribution is -0.0192. The van der Waals surface area contributed by atoms with Gasteiger partial charge in [-0.3, -0.25) is 14.7 Å². The number of nitrogens with zero attached hydrogens (tertiary/aromatic N) is 3. The monoisotopic (exact) mass is 476 g/mol. The van der Waals surface area contributed by atoms with Crippen molar-refractivity contribution in [1.82, 2.24) is 20.0 Å². The molecule has 2 aliphatic heterocycles. The first-order chi connectivity index (χ1) is 17.0. The summed E-state index contributed by atoms with van der Waals surface area (Å²) in [5, 5.41) is 17.2. The van der Waals surface area contributed by atoms with Crippen molar-refractivity contribution in [3.63, 3.8) is 0 Å². The number of methoxy groups -OCH3 is 2. The van der Waals surface area contributed by atoms with Crippen molar-refractivity contribution in [3.05, 3.63) is 71.5 Å². The number of nitrogens with one attached hydrogen (secondary N) is 1. The molecule has 182 valence electrons. The Morgan fingerprint density at radius 3 is 2.57 bits per heavy atom. The Bertz CT molecular complexity index is 1220. The number of ether oxygens (including phenoxy) is 2. The van der Waals surface area contributed by atoms with Crippen molar-refractivity contribution < 1.29 is 24.2 Å². The molecule has 0 radical (unpaired) electrons. The van der Waals surface area contributed by atoms with Crippen LogP contribution in [0.4, 0.5) is 0 Å². The van der Waals surface area contributed by atoms with Gasteiger partial charge < -0.3 is 24.4 Å². The third-order valence-corrected chi connectivity index (χ3v) is 6.78. The molecule has 3 aromatic rings. The van der Waals surface area contributed by atoms with E-state index in [9.17, 15) is 14.7 Å². The Balaban J connectivity index is 1.39. The van der Waals surface area contributed by atoms with Crippen LogP contribution in [0.15, 0.2) is 54.9 Å². The number of amides is 2. The van der Waals surface area contributed by atoms with E-state index >= 15 is 0 Å². The Morgan fingerprint density at radius 1 is 1.06 bits per heavy atom. The highest BCUT2D eigenvalue weighted by molar-refractivity contribution is 5.97. The number of aliphatic hydroxyl groups excluding tert-OH is 1. The number of aliphatic hydroxyl groups is 1. The second-order valence-corrected chi connectivity index (χ2v) is 8.96. The topological polar surface area (TPSA) is 108 Å². The van der Waals surface area contributed by atoms with Gasteiger partial charge in [0.25, 0.3) is 11.8 Å². The number of β-amino-alcohol motifs (C(OH)–C–C–N with tert-alkyl or cyclic N) is 1. The Hall–Kier alpha value is -3.69. The lowest BCUT2D eigenvalue weighted by Gasteiger charge is -2.38. The van der Waals surface area contributed by atoms with E-state index in [1.54, 1.807) is 54.6 Å². The molecule has 2 atom stereocenters. The summed E-state index contributed by atoms with van der Waals surface area (Å²) in [6.45, 7) is 1.36. The molecule has 9 nitrogen and oxygen atoms in total. The van der Waals surface area contributed by atoms with Crippen LogP contribution in [0.25, 0.3) is 11.1 Å². The average Bonchev–Trinajstić information content (AvgIpc) is 3.52. The fourth-order valence-corrected chi connectivity index (χ4v) is 4.80. The molecule has 0 aliphatic carbocycles. The van der Waals surface area contributed by atoms with Gasteiger partial charge in [0.05, 0.1) is 31.6 Å². The molecule has 5 rings (SSSR count). The van der Waals surface area contributed by atoms with Gasteiger partial charge >= 0.3 is 0 Å². The average molecular weight is 477 g/mol. The zero-order valence-corrected chi connectivity index (χ0v) is 19.7. The molecule has 3 heterocycles. The molecule has 0 spiro atoms. The van der Waals surface area contributed by atoms with Crippen LogP contribution in [0.2, 0.25) is 0 Å². The van der Waals surface area contributed by atoms with E-state index in [-0.39, 0.29) is 30.5 Å². The number of benzene rings is 2. The van der Waals surface area contributed by atoms with Gasteiger partial charge in [-0.15, -0.1) is 0 Å². The molecule has 9 heteroatoms. The molecular weight excluding hydrogens is 448 g/mol. The van der Waals surface area contributed by atoms with Gasteiger partial charge in [-0.05, 0) is 42.3 Å². The van der Waals surface area contributed by atoms with Crippen molar-refractivity contribution >= 4 is 11.8 Å². The molecule has 2 aliphatic rings. The largest absolute Gasteiger partial charge is 0.496 e. The number of likely N-dealkylation sites (tertiary alicyclic amines) is 2. The SMILES string of the molecule is COc1cc(C(=O)N2CC(O)CC2c2cccc(C(=O)N3CC(OC)C3)c2)ccc1-c1cn[nH]c1. The van der Waals surface area contributed by atoms with Crippen LogP contribution in [0.5, 0.6) is 5.75 Å². The Kier molecular flexibility index (Phi) is 6.27. The lowest BCUT2D eigenvalue weighted by Crippen LogP contribution is -2.54. The number of carbonyl (C=O) groups is 2. The minimum absolute atomic E-state index is 0.0591. The lowest BCUT2D eigenvalue weighted by atomic mass is 9.99. The number of rotatable bonds is 6. The van der Waals surface area contributed by atoms with Crippen LogP contribution in [-0.2, 0) is 4.74 Å². The van der Waals surface area contributed by atoms with E-state index < -0.39 is 6.10 Å². The number of H-pyrrole nitrogens is 1. The molecule has 0 bridgehead atoms. The minimum Gasteiger partial charge on any atom is -0.496 e. The van der Waals surface area contributed by atoms with Crippen LogP contribution < -0.4 is 4.74 Å². The third kappa shape index (κ3) is 4.40. The number of hydrogen-bond acceptors (Lipinski definition) is 6. The summed E-state index contributed by atoms with van der Waals surface area (Å²) < 4.78 is 10.8. The van der Waals surface area contributed by atoms with Gasteiger partial charge in [-0.25, -0.2) is 0 Å². The molecule has 2 saturated heterocycles. The first kappa shape index (κ1) is 23.1. The minimum atomic E-state index is -0.645. The first-order valence-corrected chi connectivity index (χ1v) is 11.6. The smallest absolute Gasteiger partial charge is 0.254 e. The molecule has 2 fully saturated rings. The van der Waals surface area contributed by atoms with Crippen molar-refractivity contribution in [1.29, 1.82) is 0 Å². The van der Waals surface area contributed by atoms with Crippen LogP contribution in [0, 0.1) is 0 Å². The quantitative estimate of drug-likeness (QED) is 0.566. The zero-order valence-electron chi connectivity index (χ0n) is 19.7. The summed E-state index contributed by atoms with van der Waals surface area (Å²) in [5.74, 6) is 0.298. The Morgan fingerprint density at radius 2 is 1.86 bits per heavy atom. The predicted molar refractivity (Wildman–Crippen MR) is 128 cm³/mol. The molecule has 2 N–H and O–H groups in total. The fraction of sp³-hybridized carbons (Fsp3) is 0.346. The Labute approximate surface area is 203 Å². The number of carbonyl (C=O) groups excluding carboxylic acids is 2. The molecule has 0 saturated carbocycles. The van der Waals surface area contributed by atoms with Crippen molar-refractivity contribution in [2.24, 2.45) is 0 Å². The molecule has 2 aromatic carbocycles. The van der Waals surface area contributed by atoms with E-state index in [4.69, 9.17) is 9.47 Å². The van der Waals surface area contributed by atoms with E-state index in [0.29, 0.717) is 36.4 Å². The second-order valence-electron chi connectivity index (χ2n) is 8.96. The number of hydrogen-bond donors (Lipinski definition) is 2. The maximum absolute atomic E-state index is 13.5. The summed E-state index contributed by atoms with van der Waals surface area (Å²) in [5.41, 5.74) is 3.54. The third-order valence-electron chi connectivity index (χ3n) is 6.78. The number of aromatic amines is 1. The molecular formula is C26H28N4O5. The summed E-state index contributed by atoms with van der Waals surface area (Å²) >= 11 is 0. The molecule has 1 aromatic heterocycles. The summed E-state index contributed by atoms with van der Waals surface area (Å²) in [4.78, 5) is 29.8. The van der Waals surface area contributed by atoms with E-state index in [1.165, 1.54) is 0 Å². The maximum Gasteiger partial charge on any atom is 0.254 e. The predicted octanol–water partition coefficient (Wildman–Crippen LogP) is 2.50. The van der Waals surface area contributed by atoms with Gasteiger partial charge in [0.1, 0.15) is 5.75 Å².